The number of carbonyl (C=O) groups excluding carboxylic acids is 1. The zero-order chi connectivity index (χ0) is 15.4. The summed E-state index contributed by atoms with van der Waals surface area (Å²) in [5.41, 5.74) is 6.07. The second kappa shape index (κ2) is 6.89. The van der Waals surface area contributed by atoms with Crippen LogP contribution in [0.15, 0.2) is 18.2 Å². The van der Waals surface area contributed by atoms with Crippen LogP contribution < -0.4 is 11.1 Å². The van der Waals surface area contributed by atoms with Crippen molar-refractivity contribution in [2.45, 2.75) is 39.2 Å². The van der Waals surface area contributed by atoms with Gasteiger partial charge in [-0.05, 0) is 43.9 Å². The number of piperidine rings is 1. The summed E-state index contributed by atoms with van der Waals surface area (Å²) in [6.45, 7) is 6.27. The number of anilines is 2. The average molecular weight is 293 g/mol. The average Bonchev–Trinajstić information content (AvgIpc) is 2.44. The third-order valence-corrected chi connectivity index (χ3v) is 4.15. The van der Waals surface area contributed by atoms with E-state index in [1.807, 2.05) is 0 Å². The van der Waals surface area contributed by atoms with Gasteiger partial charge in [-0.1, -0.05) is 6.92 Å². The van der Waals surface area contributed by atoms with Crippen molar-refractivity contribution in [2.75, 3.05) is 24.1 Å². The largest absolute Gasteiger partial charge is 0.396 e. The number of nitrogens with one attached hydrogen (secondary N) is 1. The van der Waals surface area contributed by atoms with E-state index in [1.165, 1.54) is 31.0 Å². The summed E-state index contributed by atoms with van der Waals surface area (Å²) < 4.78 is 13.1. The first-order valence-corrected chi connectivity index (χ1v) is 7.54. The van der Waals surface area contributed by atoms with Crippen molar-refractivity contribution < 1.29 is 9.18 Å². The van der Waals surface area contributed by atoms with Gasteiger partial charge >= 0.3 is 0 Å². The summed E-state index contributed by atoms with van der Waals surface area (Å²) in [6.07, 6.45) is 2.89. The molecule has 5 heteroatoms. The lowest BCUT2D eigenvalue weighted by molar-refractivity contribution is -0.116. The molecule has 0 spiro atoms. The zero-order valence-corrected chi connectivity index (χ0v) is 12.7. The second-order valence-electron chi connectivity index (χ2n) is 6.06. The number of benzene rings is 1. The third-order valence-electron chi connectivity index (χ3n) is 4.15. The van der Waals surface area contributed by atoms with Gasteiger partial charge in [-0.2, -0.15) is 0 Å². The van der Waals surface area contributed by atoms with Crippen LogP contribution >= 0.6 is 0 Å². The lowest BCUT2D eigenvalue weighted by atomic mass is 9.95. The molecule has 1 aromatic rings. The SMILES string of the molecule is CC1CCC(C)N(CCC(=O)Nc2ccc(F)c(N)c2)C1. The fourth-order valence-electron chi connectivity index (χ4n) is 2.78. The maximum absolute atomic E-state index is 13.1. The highest BCUT2D eigenvalue weighted by atomic mass is 19.1. The van der Waals surface area contributed by atoms with Gasteiger partial charge in [0.15, 0.2) is 0 Å². The molecular weight excluding hydrogens is 269 g/mol. The number of halogens is 1. The van der Waals surface area contributed by atoms with Gasteiger partial charge in [-0.25, -0.2) is 4.39 Å². The maximum Gasteiger partial charge on any atom is 0.225 e. The number of hydrogen-bond donors (Lipinski definition) is 2. The molecule has 1 aromatic carbocycles. The number of likely N-dealkylation sites (tertiary alicyclic amines) is 1. The Morgan fingerprint density at radius 2 is 2.19 bits per heavy atom. The molecule has 0 saturated carbocycles. The first-order valence-electron chi connectivity index (χ1n) is 7.54. The standard InChI is InChI=1S/C16H24FN3O/c1-11-3-4-12(2)20(10-11)8-7-16(21)19-13-5-6-14(17)15(18)9-13/h5-6,9,11-12H,3-4,7-8,10,18H2,1-2H3,(H,19,21). The van der Waals surface area contributed by atoms with Crippen molar-refractivity contribution in [1.82, 2.24) is 4.90 Å². The molecule has 2 unspecified atom stereocenters. The molecule has 2 atom stereocenters. The topological polar surface area (TPSA) is 58.4 Å². The molecule has 0 bridgehead atoms. The summed E-state index contributed by atoms with van der Waals surface area (Å²) in [7, 11) is 0. The molecule has 0 aromatic heterocycles. The van der Waals surface area contributed by atoms with E-state index >= 15 is 0 Å². The van der Waals surface area contributed by atoms with Gasteiger partial charge in [0, 0.05) is 31.2 Å². The number of amides is 1. The highest BCUT2D eigenvalue weighted by Crippen LogP contribution is 2.21. The predicted molar refractivity (Wildman–Crippen MR) is 83.5 cm³/mol. The van der Waals surface area contributed by atoms with Crippen molar-refractivity contribution in [1.29, 1.82) is 0 Å². The summed E-state index contributed by atoms with van der Waals surface area (Å²) in [4.78, 5) is 14.3. The number of nitrogens with two attached hydrogens (primary N) is 1. The maximum atomic E-state index is 13.1. The fraction of sp³-hybridized carbons (Fsp3) is 0.562. The number of rotatable bonds is 4. The van der Waals surface area contributed by atoms with Crippen LogP contribution in [0, 0.1) is 11.7 Å². The number of hydrogen-bond acceptors (Lipinski definition) is 3. The quantitative estimate of drug-likeness (QED) is 0.839. The molecular formula is C16H24FN3O. The van der Waals surface area contributed by atoms with Crippen molar-refractivity contribution in [2.24, 2.45) is 5.92 Å². The molecule has 1 amide bonds. The van der Waals surface area contributed by atoms with Crippen LogP contribution in [0.1, 0.15) is 33.1 Å². The Morgan fingerprint density at radius 3 is 2.90 bits per heavy atom. The Labute approximate surface area is 125 Å². The van der Waals surface area contributed by atoms with Crippen LogP contribution in [0.3, 0.4) is 0 Å². The van der Waals surface area contributed by atoms with E-state index in [0.29, 0.717) is 24.1 Å². The Hall–Kier alpha value is -1.62. The van der Waals surface area contributed by atoms with Crippen LogP contribution in [0.5, 0.6) is 0 Å². The molecule has 4 nitrogen and oxygen atoms in total. The van der Waals surface area contributed by atoms with Crippen molar-refractivity contribution >= 4 is 17.3 Å². The van der Waals surface area contributed by atoms with Gasteiger partial charge in [-0.3, -0.25) is 9.69 Å². The minimum absolute atomic E-state index is 0.0475. The Balaban J connectivity index is 1.82. The Morgan fingerprint density at radius 1 is 1.43 bits per heavy atom. The van der Waals surface area contributed by atoms with Gasteiger partial charge in [0.25, 0.3) is 0 Å². The molecule has 2 rings (SSSR count). The number of nitrogens with zero attached hydrogens (tertiary/aromatic N) is 1. The summed E-state index contributed by atoms with van der Waals surface area (Å²) in [5.74, 6) is 0.164. The lowest BCUT2D eigenvalue weighted by Crippen LogP contribution is -2.42. The summed E-state index contributed by atoms with van der Waals surface area (Å²) >= 11 is 0. The minimum Gasteiger partial charge on any atom is -0.396 e. The Bertz CT molecular complexity index is 506. The highest BCUT2D eigenvalue weighted by molar-refractivity contribution is 5.91. The molecule has 1 aliphatic rings. The van der Waals surface area contributed by atoms with Crippen LogP contribution in [0.2, 0.25) is 0 Å². The van der Waals surface area contributed by atoms with Gasteiger partial charge in [-0.15, -0.1) is 0 Å². The van der Waals surface area contributed by atoms with E-state index in [9.17, 15) is 9.18 Å². The molecule has 3 N–H and O–H groups in total. The Kier molecular flexibility index (Phi) is 5.17. The smallest absolute Gasteiger partial charge is 0.225 e. The van der Waals surface area contributed by atoms with Crippen molar-refractivity contribution in [3.63, 3.8) is 0 Å². The van der Waals surface area contributed by atoms with E-state index in [1.54, 1.807) is 0 Å². The first-order chi connectivity index (χ1) is 9.95. The second-order valence-corrected chi connectivity index (χ2v) is 6.06. The molecule has 0 aliphatic carbocycles. The minimum atomic E-state index is -0.468. The number of nitrogen functional groups attached to an aromatic ring is 1. The van der Waals surface area contributed by atoms with E-state index in [2.05, 4.69) is 24.1 Å². The van der Waals surface area contributed by atoms with Crippen LogP contribution in [0.4, 0.5) is 15.8 Å². The molecule has 21 heavy (non-hydrogen) atoms. The van der Waals surface area contributed by atoms with Gasteiger partial charge in [0.05, 0.1) is 5.69 Å². The van der Waals surface area contributed by atoms with Crippen molar-refractivity contribution in [3.8, 4) is 0 Å². The molecule has 1 heterocycles. The van der Waals surface area contributed by atoms with E-state index in [4.69, 9.17) is 5.73 Å². The predicted octanol–water partition coefficient (Wildman–Crippen LogP) is 2.86. The lowest BCUT2D eigenvalue weighted by Gasteiger charge is -2.36. The molecule has 0 radical (unpaired) electrons. The van der Waals surface area contributed by atoms with Gasteiger partial charge in [0.2, 0.25) is 5.91 Å². The van der Waals surface area contributed by atoms with E-state index < -0.39 is 5.82 Å². The first kappa shape index (κ1) is 15.8. The summed E-state index contributed by atoms with van der Waals surface area (Å²) in [5, 5.41) is 2.76. The molecule has 116 valence electrons. The number of carbonyl (C=O) groups is 1. The van der Waals surface area contributed by atoms with Gasteiger partial charge in [0.1, 0.15) is 5.82 Å². The van der Waals surface area contributed by atoms with Crippen LogP contribution in [-0.2, 0) is 4.79 Å². The van der Waals surface area contributed by atoms with Crippen molar-refractivity contribution in [3.05, 3.63) is 24.0 Å². The van der Waals surface area contributed by atoms with Crippen LogP contribution in [0.25, 0.3) is 0 Å². The van der Waals surface area contributed by atoms with E-state index in [-0.39, 0.29) is 11.6 Å². The monoisotopic (exact) mass is 293 g/mol. The molecule has 1 aliphatic heterocycles. The van der Waals surface area contributed by atoms with Gasteiger partial charge < -0.3 is 11.1 Å². The zero-order valence-electron chi connectivity index (χ0n) is 12.7. The molecule has 1 fully saturated rings. The third kappa shape index (κ3) is 4.43. The van der Waals surface area contributed by atoms with Crippen LogP contribution in [-0.4, -0.2) is 29.9 Å². The summed E-state index contributed by atoms with van der Waals surface area (Å²) in [6, 6.07) is 4.77. The normalized spacial score (nSPS) is 23.0. The molecule has 1 saturated heterocycles. The fourth-order valence-corrected chi connectivity index (χ4v) is 2.78. The highest BCUT2D eigenvalue weighted by Gasteiger charge is 2.22. The van der Waals surface area contributed by atoms with E-state index in [0.717, 1.165) is 13.1 Å².